The van der Waals surface area contributed by atoms with E-state index in [1.54, 1.807) is 24.3 Å². The number of carbonyl (C=O) groups excluding carboxylic acids is 3. The number of halogens is 1. The van der Waals surface area contributed by atoms with Crippen LogP contribution in [-0.2, 0) is 14.4 Å². The van der Waals surface area contributed by atoms with E-state index in [0.29, 0.717) is 36.5 Å². The number of amides is 3. The van der Waals surface area contributed by atoms with Gasteiger partial charge in [0.05, 0.1) is 11.8 Å². The first-order valence-electron chi connectivity index (χ1n) is 8.12. The highest BCUT2D eigenvalue weighted by atomic mass is 35.5. The van der Waals surface area contributed by atoms with Gasteiger partial charge in [-0.15, -0.1) is 0 Å². The zero-order chi connectivity index (χ0) is 17.1. The number of benzene rings is 1. The molecule has 0 saturated carbocycles. The van der Waals surface area contributed by atoms with Gasteiger partial charge in [-0.1, -0.05) is 29.8 Å². The molecule has 0 radical (unpaired) electrons. The molecule has 2 aliphatic rings. The standard InChI is InChI=1S/C18H19ClN2O3/c19-12-5-3-6-13(11-12)20-16(22)9-4-10-21-17(23)14-7-1-2-8-15(14)18(21)24/h1-3,5-6,11,14-15H,4,7-10H2,(H,20,22)/t14-,15-/m1/s1. The van der Waals surface area contributed by atoms with Crippen molar-refractivity contribution in [2.24, 2.45) is 11.8 Å². The summed E-state index contributed by atoms with van der Waals surface area (Å²) in [7, 11) is 0. The topological polar surface area (TPSA) is 66.5 Å². The third-order valence-electron chi connectivity index (χ3n) is 4.49. The van der Waals surface area contributed by atoms with Crippen LogP contribution in [0.4, 0.5) is 5.69 Å². The van der Waals surface area contributed by atoms with E-state index in [9.17, 15) is 14.4 Å². The molecular weight excluding hydrogens is 328 g/mol. The van der Waals surface area contributed by atoms with Crippen molar-refractivity contribution in [3.63, 3.8) is 0 Å². The summed E-state index contributed by atoms with van der Waals surface area (Å²) < 4.78 is 0. The number of rotatable bonds is 5. The van der Waals surface area contributed by atoms with Crippen LogP contribution in [-0.4, -0.2) is 29.2 Å². The van der Waals surface area contributed by atoms with Gasteiger partial charge in [-0.05, 0) is 37.5 Å². The van der Waals surface area contributed by atoms with Crippen molar-refractivity contribution in [1.29, 1.82) is 0 Å². The maximum Gasteiger partial charge on any atom is 0.233 e. The van der Waals surface area contributed by atoms with Crippen LogP contribution in [0.25, 0.3) is 0 Å². The number of nitrogens with one attached hydrogen (secondary N) is 1. The van der Waals surface area contributed by atoms with E-state index in [0.717, 1.165) is 0 Å². The van der Waals surface area contributed by atoms with Gasteiger partial charge in [0.1, 0.15) is 0 Å². The zero-order valence-corrected chi connectivity index (χ0v) is 14.0. The van der Waals surface area contributed by atoms with Crippen LogP contribution in [0.1, 0.15) is 25.7 Å². The van der Waals surface area contributed by atoms with Crippen molar-refractivity contribution in [3.05, 3.63) is 41.4 Å². The second-order valence-electron chi connectivity index (χ2n) is 6.15. The van der Waals surface area contributed by atoms with E-state index in [2.05, 4.69) is 5.32 Å². The van der Waals surface area contributed by atoms with Gasteiger partial charge in [-0.3, -0.25) is 19.3 Å². The highest BCUT2D eigenvalue weighted by Gasteiger charge is 2.46. The lowest BCUT2D eigenvalue weighted by molar-refractivity contribution is -0.140. The number of hydrogen-bond acceptors (Lipinski definition) is 3. The minimum absolute atomic E-state index is 0.0930. The van der Waals surface area contributed by atoms with Crippen molar-refractivity contribution >= 4 is 35.0 Å². The molecule has 1 saturated heterocycles. The van der Waals surface area contributed by atoms with Crippen LogP contribution < -0.4 is 5.32 Å². The van der Waals surface area contributed by atoms with Crippen LogP contribution in [0.15, 0.2) is 36.4 Å². The number of nitrogens with zero attached hydrogens (tertiary/aromatic N) is 1. The van der Waals surface area contributed by atoms with Crippen molar-refractivity contribution in [2.75, 3.05) is 11.9 Å². The maximum absolute atomic E-state index is 12.3. The Morgan fingerprint density at radius 1 is 1.17 bits per heavy atom. The summed E-state index contributed by atoms with van der Waals surface area (Å²) >= 11 is 5.87. The molecule has 1 aromatic rings. The molecule has 1 aliphatic heterocycles. The molecule has 126 valence electrons. The first-order valence-corrected chi connectivity index (χ1v) is 8.49. The van der Waals surface area contributed by atoms with E-state index in [1.165, 1.54) is 4.90 Å². The van der Waals surface area contributed by atoms with Crippen LogP contribution in [0.5, 0.6) is 0 Å². The van der Waals surface area contributed by atoms with Crippen molar-refractivity contribution in [3.8, 4) is 0 Å². The third kappa shape index (κ3) is 3.51. The average molecular weight is 347 g/mol. The molecule has 1 N–H and O–H groups in total. The van der Waals surface area contributed by atoms with Crippen LogP contribution >= 0.6 is 11.6 Å². The lowest BCUT2D eigenvalue weighted by Gasteiger charge is -2.14. The van der Waals surface area contributed by atoms with Crippen LogP contribution in [0.2, 0.25) is 5.02 Å². The Kier molecular flexibility index (Phi) is 5.00. The van der Waals surface area contributed by atoms with E-state index < -0.39 is 0 Å². The molecule has 0 aromatic heterocycles. The minimum atomic E-state index is -0.206. The Balaban J connectivity index is 1.49. The summed E-state index contributed by atoms with van der Waals surface area (Å²) in [5.74, 6) is -0.754. The molecule has 1 aliphatic carbocycles. The smallest absolute Gasteiger partial charge is 0.233 e. The highest BCUT2D eigenvalue weighted by Crippen LogP contribution is 2.35. The van der Waals surface area contributed by atoms with Gasteiger partial charge < -0.3 is 5.32 Å². The van der Waals surface area contributed by atoms with Gasteiger partial charge in [0.15, 0.2) is 0 Å². The Morgan fingerprint density at radius 2 is 1.83 bits per heavy atom. The second kappa shape index (κ2) is 7.18. The zero-order valence-electron chi connectivity index (χ0n) is 13.2. The second-order valence-corrected chi connectivity index (χ2v) is 6.58. The molecular formula is C18H19ClN2O3. The normalized spacial score (nSPS) is 22.6. The van der Waals surface area contributed by atoms with Gasteiger partial charge >= 0.3 is 0 Å². The number of carbonyl (C=O) groups is 3. The predicted molar refractivity (Wildman–Crippen MR) is 91.4 cm³/mol. The number of anilines is 1. The van der Waals surface area contributed by atoms with E-state index >= 15 is 0 Å². The first kappa shape index (κ1) is 16.7. The number of hydrogen-bond donors (Lipinski definition) is 1. The summed E-state index contributed by atoms with van der Waals surface area (Å²) in [5.41, 5.74) is 0.637. The predicted octanol–water partition coefficient (Wildman–Crippen LogP) is 3.01. The van der Waals surface area contributed by atoms with E-state index in [1.807, 2.05) is 12.2 Å². The average Bonchev–Trinajstić information content (AvgIpc) is 2.80. The minimum Gasteiger partial charge on any atom is -0.326 e. The van der Waals surface area contributed by atoms with Gasteiger partial charge in [0.25, 0.3) is 0 Å². The third-order valence-corrected chi connectivity index (χ3v) is 4.73. The lowest BCUT2D eigenvalue weighted by atomic mass is 9.85. The lowest BCUT2D eigenvalue weighted by Crippen LogP contribution is -2.32. The molecule has 24 heavy (non-hydrogen) atoms. The summed E-state index contributed by atoms with van der Waals surface area (Å²) in [6.45, 7) is 0.299. The van der Waals surface area contributed by atoms with Crippen LogP contribution in [0.3, 0.4) is 0 Å². The summed E-state index contributed by atoms with van der Waals surface area (Å²) in [6.07, 6.45) is 5.92. The largest absolute Gasteiger partial charge is 0.326 e. The van der Waals surface area contributed by atoms with Gasteiger partial charge in [-0.2, -0.15) is 0 Å². The fourth-order valence-corrected chi connectivity index (χ4v) is 3.47. The molecule has 2 atom stereocenters. The monoisotopic (exact) mass is 346 g/mol. The molecule has 0 unspecified atom stereocenters. The molecule has 1 aromatic carbocycles. The molecule has 6 heteroatoms. The Bertz CT molecular complexity index is 675. The van der Waals surface area contributed by atoms with Gasteiger partial charge in [-0.25, -0.2) is 0 Å². The SMILES string of the molecule is O=C(CCCN1C(=O)[C@@H]2CC=CC[C@H]2C1=O)Nc1cccc(Cl)c1. The maximum atomic E-state index is 12.3. The van der Waals surface area contributed by atoms with Crippen molar-refractivity contribution < 1.29 is 14.4 Å². The number of allylic oxidation sites excluding steroid dienone is 2. The molecule has 3 amide bonds. The quantitative estimate of drug-likeness (QED) is 0.658. The molecule has 0 spiro atoms. The van der Waals surface area contributed by atoms with Gasteiger partial charge in [0, 0.05) is 23.7 Å². The summed E-state index contributed by atoms with van der Waals surface area (Å²) in [5, 5.41) is 3.31. The van der Waals surface area contributed by atoms with Crippen LogP contribution in [0, 0.1) is 11.8 Å². The Labute approximate surface area is 145 Å². The summed E-state index contributed by atoms with van der Waals surface area (Å²) in [6, 6.07) is 6.92. The van der Waals surface area contributed by atoms with Gasteiger partial charge in [0.2, 0.25) is 17.7 Å². The number of likely N-dealkylation sites (tertiary alicyclic amines) is 1. The first-order chi connectivity index (χ1) is 11.6. The highest BCUT2D eigenvalue weighted by molar-refractivity contribution is 6.30. The fourth-order valence-electron chi connectivity index (χ4n) is 3.28. The van der Waals surface area contributed by atoms with E-state index in [-0.39, 0.29) is 36.0 Å². The van der Waals surface area contributed by atoms with Crippen molar-refractivity contribution in [2.45, 2.75) is 25.7 Å². The van der Waals surface area contributed by atoms with Crippen molar-refractivity contribution in [1.82, 2.24) is 4.90 Å². The number of imide groups is 1. The number of fused-ring (bicyclic) bond motifs is 1. The molecule has 0 bridgehead atoms. The Hall–Kier alpha value is -2.14. The summed E-state index contributed by atoms with van der Waals surface area (Å²) in [4.78, 5) is 37.9. The molecule has 1 fully saturated rings. The fraction of sp³-hybridized carbons (Fsp3) is 0.389. The molecule has 5 nitrogen and oxygen atoms in total. The molecule has 3 rings (SSSR count). The van der Waals surface area contributed by atoms with E-state index in [4.69, 9.17) is 11.6 Å². The Morgan fingerprint density at radius 3 is 2.46 bits per heavy atom. The molecule has 1 heterocycles.